The highest BCUT2D eigenvalue weighted by Gasteiger charge is 2.21. The Bertz CT molecular complexity index is 776. The molecule has 0 aromatic heterocycles. The molecule has 25 heavy (non-hydrogen) atoms. The van der Waals surface area contributed by atoms with Gasteiger partial charge in [-0.25, -0.2) is 4.79 Å². The molecule has 0 aliphatic carbocycles. The standard InChI is InChI=1S/C18H17NO6/c20-13-5-3-4-12(8-13)18(22)24-11-17(21)19-9-14-10-23-15-6-1-2-7-16(15)25-14/h1-8,14,20H,9-11H2,(H,19,21)/t14-/m0/s1. The lowest BCUT2D eigenvalue weighted by Gasteiger charge is -2.26. The van der Waals surface area contributed by atoms with E-state index in [1.54, 1.807) is 6.07 Å². The minimum Gasteiger partial charge on any atom is -0.508 e. The predicted octanol–water partition coefficient (Wildman–Crippen LogP) is 1.51. The van der Waals surface area contributed by atoms with Gasteiger partial charge in [-0.2, -0.15) is 0 Å². The maximum absolute atomic E-state index is 11.8. The van der Waals surface area contributed by atoms with Crippen molar-refractivity contribution >= 4 is 11.9 Å². The number of benzene rings is 2. The number of phenolic OH excluding ortho intramolecular Hbond substituents is 1. The molecular weight excluding hydrogens is 326 g/mol. The fourth-order valence-corrected chi connectivity index (χ4v) is 2.29. The van der Waals surface area contributed by atoms with Crippen molar-refractivity contribution in [2.24, 2.45) is 0 Å². The van der Waals surface area contributed by atoms with Crippen molar-refractivity contribution < 1.29 is 28.9 Å². The van der Waals surface area contributed by atoms with Gasteiger partial charge in [0.05, 0.1) is 12.1 Å². The molecule has 1 amide bonds. The molecule has 1 atom stereocenters. The van der Waals surface area contributed by atoms with Crippen LogP contribution in [0.1, 0.15) is 10.4 Å². The first-order chi connectivity index (χ1) is 12.1. The van der Waals surface area contributed by atoms with E-state index < -0.39 is 18.5 Å². The molecule has 2 N–H and O–H groups in total. The van der Waals surface area contributed by atoms with Gasteiger partial charge < -0.3 is 24.6 Å². The molecule has 1 aliphatic rings. The largest absolute Gasteiger partial charge is 0.508 e. The Labute approximate surface area is 144 Å². The zero-order chi connectivity index (χ0) is 17.6. The Kier molecular flexibility index (Phi) is 5.03. The molecule has 0 radical (unpaired) electrons. The van der Waals surface area contributed by atoms with Crippen LogP contribution >= 0.6 is 0 Å². The molecule has 1 aliphatic heterocycles. The fraction of sp³-hybridized carbons (Fsp3) is 0.222. The second-order valence-electron chi connectivity index (χ2n) is 5.43. The molecule has 0 saturated carbocycles. The quantitative estimate of drug-likeness (QED) is 0.799. The number of hydrogen-bond donors (Lipinski definition) is 2. The number of ether oxygens (including phenoxy) is 3. The van der Waals surface area contributed by atoms with E-state index in [2.05, 4.69) is 5.32 Å². The van der Waals surface area contributed by atoms with Gasteiger partial charge in [0.25, 0.3) is 5.91 Å². The Morgan fingerprint density at radius 3 is 2.76 bits per heavy atom. The molecule has 7 heteroatoms. The number of para-hydroxylation sites is 2. The van der Waals surface area contributed by atoms with Crippen LogP contribution in [0.2, 0.25) is 0 Å². The lowest BCUT2D eigenvalue weighted by Crippen LogP contribution is -2.42. The minimum absolute atomic E-state index is 0.0476. The molecule has 2 aromatic carbocycles. The molecule has 1 heterocycles. The van der Waals surface area contributed by atoms with Crippen molar-refractivity contribution in [2.75, 3.05) is 19.8 Å². The zero-order valence-electron chi connectivity index (χ0n) is 13.3. The summed E-state index contributed by atoms with van der Waals surface area (Å²) in [6, 6.07) is 13.0. The molecule has 130 valence electrons. The monoisotopic (exact) mass is 343 g/mol. The summed E-state index contributed by atoms with van der Waals surface area (Å²) in [6.07, 6.45) is -0.319. The second kappa shape index (κ2) is 7.57. The first kappa shape index (κ1) is 16.6. The van der Waals surface area contributed by atoms with Crippen LogP contribution in [0.3, 0.4) is 0 Å². The highest BCUT2D eigenvalue weighted by molar-refractivity contribution is 5.91. The van der Waals surface area contributed by atoms with E-state index >= 15 is 0 Å². The number of hydrogen-bond acceptors (Lipinski definition) is 6. The first-order valence-corrected chi connectivity index (χ1v) is 7.73. The minimum atomic E-state index is -0.683. The van der Waals surface area contributed by atoms with E-state index in [1.165, 1.54) is 24.3 Å². The van der Waals surface area contributed by atoms with Crippen LogP contribution in [-0.2, 0) is 9.53 Å². The van der Waals surface area contributed by atoms with E-state index in [4.69, 9.17) is 14.2 Å². The molecule has 0 saturated heterocycles. The summed E-state index contributed by atoms with van der Waals surface area (Å²) in [5.74, 6) is 0.121. The van der Waals surface area contributed by atoms with Gasteiger partial charge in [-0.05, 0) is 30.3 Å². The fourth-order valence-electron chi connectivity index (χ4n) is 2.29. The molecule has 0 fully saturated rings. The zero-order valence-corrected chi connectivity index (χ0v) is 13.3. The highest BCUT2D eigenvalue weighted by atomic mass is 16.6. The van der Waals surface area contributed by atoms with Crippen LogP contribution in [-0.4, -0.2) is 42.8 Å². The van der Waals surface area contributed by atoms with Crippen LogP contribution < -0.4 is 14.8 Å². The molecule has 0 unspecified atom stereocenters. The molecule has 0 bridgehead atoms. The van der Waals surface area contributed by atoms with Gasteiger partial charge in [0, 0.05) is 0 Å². The summed E-state index contributed by atoms with van der Waals surface area (Å²) < 4.78 is 16.2. The summed E-state index contributed by atoms with van der Waals surface area (Å²) in [4.78, 5) is 23.6. The number of rotatable bonds is 5. The number of amides is 1. The molecular formula is C18H17NO6. The average molecular weight is 343 g/mol. The van der Waals surface area contributed by atoms with E-state index in [0.29, 0.717) is 18.1 Å². The van der Waals surface area contributed by atoms with Gasteiger partial charge in [0.15, 0.2) is 18.1 Å². The molecule has 2 aromatic rings. The van der Waals surface area contributed by atoms with Crippen molar-refractivity contribution in [2.45, 2.75) is 6.10 Å². The van der Waals surface area contributed by atoms with Crippen molar-refractivity contribution in [3.63, 3.8) is 0 Å². The van der Waals surface area contributed by atoms with Crippen molar-refractivity contribution in [3.8, 4) is 17.2 Å². The van der Waals surface area contributed by atoms with Crippen molar-refractivity contribution in [3.05, 3.63) is 54.1 Å². The Morgan fingerprint density at radius 1 is 1.16 bits per heavy atom. The van der Waals surface area contributed by atoms with Crippen LogP contribution in [0.4, 0.5) is 0 Å². The van der Waals surface area contributed by atoms with Crippen LogP contribution in [0, 0.1) is 0 Å². The lowest BCUT2D eigenvalue weighted by molar-refractivity contribution is -0.124. The summed E-state index contributed by atoms with van der Waals surface area (Å²) in [5.41, 5.74) is 0.174. The van der Waals surface area contributed by atoms with Gasteiger partial charge in [0.2, 0.25) is 0 Å². The van der Waals surface area contributed by atoms with Gasteiger partial charge in [-0.15, -0.1) is 0 Å². The van der Waals surface area contributed by atoms with E-state index in [0.717, 1.165) is 0 Å². The highest BCUT2D eigenvalue weighted by Crippen LogP contribution is 2.30. The third-order valence-electron chi connectivity index (χ3n) is 3.51. The van der Waals surface area contributed by atoms with Crippen LogP contribution in [0.15, 0.2) is 48.5 Å². The lowest BCUT2D eigenvalue weighted by atomic mass is 10.2. The summed E-state index contributed by atoms with van der Waals surface area (Å²) in [6.45, 7) is 0.135. The third-order valence-corrected chi connectivity index (χ3v) is 3.51. The van der Waals surface area contributed by atoms with Gasteiger partial charge >= 0.3 is 5.97 Å². The maximum atomic E-state index is 11.8. The van der Waals surface area contributed by atoms with Crippen molar-refractivity contribution in [1.82, 2.24) is 5.32 Å². The van der Waals surface area contributed by atoms with Gasteiger partial charge in [-0.3, -0.25) is 4.79 Å². The summed E-state index contributed by atoms with van der Waals surface area (Å²) in [5, 5.41) is 12.0. The summed E-state index contributed by atoms with van der Waals surface area (Å²) in [7, 11) is 0. The number of carbonyl (C=O) groups is 2. The smallest absolute Gasteiger partial charge is 0.338 e. The average Bonchev–Trinajstić information content (AvgIpc) is 2.64. The second-order valence-corrected chi connectivity index (χ2v) is 5.43. The number of fused-ring (bicyclic) bond motifs is 1. The van der Waals surface area contributed by atoms with Gasteiger partial charge in [-0.1, -0.05) is 18.2 Å². The third kappa shape index (κ3) is 4.41. The number of carbonyl (C=O) groups excluding carboxylic acids is 2. The number of phenols is 1. The van der Waals surface area contributed by atoms with Gasteiger partial charge in [0.1, 0.15) is 18.5 Å². The molecule has 7 nitrogen and oxygen atoms in total. The number of aromatic hydroxyl groups is 1. The van der Waals surface area contributed by atoms with Crippen molar-refractivity contribution in [1.29, 1.82) is 0 Å². The Morgan fingerprint density at radius 2 is 1.96 bits per heavy atom. The SMILES string of the molecule is O=C(COC(=O)c1cccc(O)c1)NC[C@H]1COc2ccccc2O1. The molecule has 3 rings (SSSR count). The van der Waals surface area contributed by atoms with Crippen LogP contribution in [0.25, 0.3) is 0 Å². The predicted molar refractivity (Wildman–Crippen MR) is 87.8 cm³/mol. The first-order valence-electron chi connectivity index (χ1n) is 7.73. The summed E-state index contributed by atoms with van der Waals surface area (Å²) >= 11 is 0. The Hall–Kier alpha value is -3.22. The topological polar surface area (TPSA) is 94.1 Å². The van der Waals surface area contributed by atoms with E-state index in [1.807, 2.05) is 18.2 Å². The maximum Gasteiger partial charge on any atom is 0.338 e. The number of nitrogens with one attached hydrogen (secondary N) is 1. The normalized spacial score (nSPS) is 15.3. The van der Waals surface area contributed by atoms with Crippen LogP contribution in [0.5, 0.6) is 17.2 Å². The van der Waals surface area contributed by atoms with E-state index in [9.17, 15) is 14.7 Å². The number of esters is 1. The molecule has 0 spiro atoms. The Balaban J connectivity index is 1.42. The van der Waals surface area contributed by atoms with E-state index in [-0.39, 0.29) is 24.0 Å².